The van der Waals surface area contributed by atoms with Crippen molar-refractivity contribution in [1.82, 2.24) is 4.90 Å². The molecule has 110 valence electrons. The number of rotatable bonds is 2. The molecule has 2 aliphatic rings. The molecule has 1 saturated heterocycles. The van der Waals surface area contributed by atoms with Crippen LogP contribution in [-0.2, 0) is 15.0 Å². The normalized spacial score (nSPS) is 28.6. The molecule has 2 aromatic carbocycles. The Morgan fingerprint density at radius 1 is 0.864 bits per heavy atom. The van der Waals surface area contributed by atoms with Crippen LogP contribution in [0.3, 0.4) is 0 Å². The minimum absolute atomic E-state index is 0.0693. The zero-order valence-corrected chi connectivity index (χ0v) is 12.6. The van der Waals surface area contributed by atoms with E-state index in [0.717, 1.165) is 11.1 Å². The number of likely N-dealkylation sites (tertiary alicyclic amines) is 1. The first-order chi connectivity index (χ1) is 10.6. The lowest BCUT2D eigenvalue weighted by Gasteiger charge is -2.27. The SMILES string of the molecule is CN1C(=O)C2C(C)(C1=O)C2(c1ccccc1)c1ccccc1. The Hall–Kier alpha value is -2.42. The monoisotopic (exact) mass is 291 g/mol. The van der Waals surface area contributed by atoms with Gasteiger partial charge in [-0.25, -0.2) is 0 Å². The van der Waals surface area contributed by atoms with Gasteiger partial charge in [-0.1, -0.05) is 60.7 Å². The fourth-order valence-electron chi connectivity index (χ4n) is 4.49. The Labute approximate surface area is 129 Å². The maximum Gasteiger partial charge on any atom is 0.236 e. The molecule has 1 aliphatic carbocycles. The maximum absolute atomic E-state index is 12.7. The third-order valence-electron chi connectivity index (χ3n) is 5.53. The second-order valence-electron chi connectivity index (χ2n) is 6.38. The van der Waals surface area contributed by atoms with Crippen LogP contribution in [0.1, 0.15) is 18.1 Å². The van der Waals surface area contributed by atoms with Gasteiger partial charge >= 0.3 is 0 Å². The van der Waals surface area contributed by atoms with Gasteiger partial charge in [-0.15, -0.1) is 0 Å². The molecule has 3 nitrogen and oxygen atoms in total. The van der Waals surface area contributed by atoms with E-state index in [-0.39, 0.29) is 17.7 Å². The number of fused-ring (bicyclic) bond motifs is 1. The molecule has 4 rings (SSSR count). The quantitative estimate of drug-likeness (QED) is 0.798. The Bertz CT molecular complexity index is 729. The van der Waals surface area contributed by atoms with Crippen molar-refractivity contribution in [3.05, 3.63) is 71.8 Å². The van der Waals surface area contributed by atoms with Crippen LogP contribution in [0.4, 0.5) is 0 Å². The van der Waals surface area contributed by atoms with Gasteiger partial charge in [0, 0.05) is 12.5 Å². The standard InChI is InChI=1S/C19H17NO2/c1-18-15(16(21)20(2)17(18)22)19(18,13-9-5-3-6-10-13)14-11-7-4-8-12-14/h3-12,15H,1-2H3. The van der Waals surface area contributed by atoms with Gasteiger partial charge in [0.05, 0.1) is 11.3 Å². The number of carbonyl (C=O) groups excluding carboxylic acids is 2. The fraction of sp³-hybridized carbons (Fsp3) is 0.263. The molecule has 2 atom stereocenters. The predicted molar refractivity (Wildman–Crippen MR) is 83.0 cm³/mol. The van der Waals surface area contributed by atoms with E-state index in [9.17, 15) is 9.59 Å². The minimum atomic E-state index is -0.679. The minimum Gasteiger partial charge on any atom is -0.285 e. The first-order valence-corrected chi connectivity index (χ1v) is 7.49. The summed E-state index contributed by atoms with van der Waals surface area (Å²) in [6.07, 6.45) is 0. The van der Waals surface area contributed by atoms with E-state index in [1.807, 2.05) is 67.6 Å². The highest BCUT2D eigenvalue weighted by atomic mass is 16.2. The van der Waals surface area contributed by atoms with Crippen molar-refractivity contribution >= 4 is 11.8 Å². The number of hydrogen-bond acceptors (Lipinski definition) is 2. The van der Waals surface area contributed by atoms with Crippen molar-refractivity contribution in [3.63, 3.8) is 0 Å². The fourth-order valence-corrected chi connectivity index (χ4v) is 4.49. The van der Waals surface area contributed by atoms with Crippen LogP contribution >= 0.6 is 0 Å². The molecule has 0 radical (unpaired) electrons. The zero-order valence-electron chi connectivity index (χ0n) is 12.6. The van der Waals surface area contributed by atoms with Crippen molar-refractivity contribution in [2.45, 2.75) is 12.3 Å². The largest absolute Gasteiger partial charge is 0.285 e. The average Bonchev–Trinajstić information content (AvgIpc) is 3.11. The summed E-state index contributed by atoms with van der Waals surface area (Å²) in [7, 11) is 1.59. The Morgan fingerprint density at radius 3 is 1.68 bits per heavy atom. The highest BCUT2D eigenvalue weighted by molar-refractivity contribution is 6.15. The van der Waals surface area contributed by atoms with E-state index in [1.165, 1.54) is 4.90 Å². The summed E-state index contributed by atoms with van der Waals surface area (Å²) >= 11 is 0. The molecule has 3 heteroatoms. The summed E-state index contributed by atoms with van der Waals surface area (Å²) in [5.74, 6) is -0.447. The van der Waals surface area contributed by atoms with E-state index >= 15 is 0 Å². The smallest absolute Gasteiger partial charge is 0.236 e. The molecule has 22 heavy (non-hydrogen) atoms. The number of benzene rings is 2. The van der Waals surface area contributed by atoms with Crippen molar-refractivity contribution < 1.29 is 9.59 Å². The van der Waals surface area contributed by atoms with Gasteiger partial charge in [-0.2, -0.15) is 0 Å². The highest BCUT2D eigenvalue weighted by Gasteiger charge is 2.86. The van der Waals surface area contributed by atoms with Crippen molar-refractivity contribution in [3.8, 4) is 0 Å². The summed E-state index contributed by atoms with van der Waals surface area (Å²) in [5, 5.41) is 0. The van der Waals surface area contributed by atoms with E-state index in [1.54, 1.807) is 7.05 Å². The molecule has 1 saturated carbocycles. The molecule has 0 spiro atoms. The second kappa shape index (κ2) is 4.07. The number of carbonyl (C=O) groups is 2. The van der Waals surface area contributed by atoms with Crippen molar-refractivity contribution in [2.75, 3.05) is 7.05 Å². The molecule has 0 bridgehead atoms. The number of amides is 2. The van der Waals surface area contributed by atoms with Gasteiger partial charge in [0.15, 0.2) is 0 Å². The van der Waals surface area contributed by atoms with Crippen LogP contribution in [0.15, 0.2) is 60.7 Å². The van der Waals surface area contributed by atoms with Crippen LogP contribution in [0.25, 0.3) is 0 Å². The van der Waals surface area contributed by atoms with Gasteiger partial charge in [0.1, 0.15) is 0 Å². The Kier molecular flexibility index (Phi) is 2.45. The van der Waals surface area contributed by atoms with Gasteiger partial charge in [-0.3, -0.25) is 14.5 Å². The van der Waals surface area contributed by atoms with E-state index in [2.05, 4.69) is 0 Å². The van der Waals surface area contributed by atoms with Crippen LogP contribution in [0, 0.1) is 11.3 Å². The number of piperidine rings is 1. The molecule has 2 amide bonds. The van der Waals surface area contributed by atoms with Crippen LogP contribution in [-0.4, -0.2) is 23.8 Å². The van der Waals surface area contributed by atoms with E-state index < -0.39 is 10.8 Å². The molecule has 2 fully saturated rings. The van der Waals surface area contributed by atoms with Gasteiger partial charge in [0.25, 0.3) is 0 Å². The highest BCUT2D eigenvalue weighted by Crippen LogP contribution is 2.76. The summed E-state index contributed by atoms with van der Waals surface area (Å²) < 4.78 is 0. The molecule has 2 unspecified atom stereocenters. The summed E-state index contributed by atoms with van der Waals surface area (Å²) in [5.41, 5.74) is 0.879. The lowest BCUT2D eigenvalue weighted by Crippen LogP contribution is -2.39. The first kappa shape index (κ1) is 13.3. The lowest BCUT2D eigenvalue weighted by molar-refractivity contribution is -0.141. The Morgan fingerprint density at radius 2 is 1.32 bits per heavy atom. The number of imide groups is 1. The summed E-state index contributed by atoms with van der Waals surface area (Å²) in [6, 6.07) is 19.9. The predicted octanol–water partition coefficient (Wildman–Crippen LogP) is 2.61. The Balaban J connectivity index is 1.99. The first-order valence-electron chi connectivity index (χ1n) is 7.49. The molecule has 0 aromatic heterocycles. The molecule has 1 heterocycles. The van der Waals surface area contributed by atoms with Gasteiger partial charge in [0.2, 0.25) is 11.8 Å². The van der Waals surface area contributed by atoms with E-state index in [4.69, 9.17) is 0 Å². The van der Waals surface area contributed by atoms with Crippen LogP contribution in [0.2, 0.25) is 0 Å². The summed E-state index contributed by atoms with van der Waals surface area (Å²) in [4.78, 5) is 26.7. The molecular weight excluding hydrogens is 274 g/mol. The van der Waals surface area contributed by atoms with Crippen molar-refractivity contribution in [2.24, 2.45) is 11.3 Å². The lowest BCUT2D eigenvalue weighted by atomic mass is 9.79. The van der Waals surface area contributed by atoms with Crippen LogP contribution < -0.4 is 0 Å². The topological polar surface area (TPSA) is 37.4 Å². The molecule has 2 aromatic rings. The second-order valence-corrected chi connectivity index (χ2v) is 6.38. The average molecular weight is 291 g/mol. The van der Waals surface area contributed by atoms with Crippen LogP contribution in [0.5, 0.6) is 0 Å². The third kappa shape index (κ3) is 1.23. The number of nitrogens with zero attached hydrogens (tertiary/aromatic N) is 1. The molecular formula is C19H17NO2. The zero-order chi connectivity index (χ0) is 15.5. The summed E-state index contributed by atoms with van der Waals surface area (Å²) in [6.45, 7) is 1.93. The molecule has 0 N–H and O–H groups in total. The maximum atomic E-state index is 12.7. The van der Waals surface area contributed by atoms with Crippen molar-refractivity contribution in [1.29, 1.82) is 0 Å². The molecule has 1 aliphatic heterocycles. The number of hydrogen-bond donors (Lipinski definition) is 0. The van der Waals surface area contributed by atoms with E-state index in [0.29, 0.717) is 0 Å². The van der Waals surface area contributed by atoms with Gasteiger partial charge < -0.3 is 0 Å². The van der Waals surface area contributed by atoms with Gasteiger partial charge in [-0.05, 0) is 18.1 Å². The third-order valence-corrected chi connectivity index (χ3v) is 5.53.